The average molecular weight is 317 g/mol. The van der Waals surface area contributed by atoms with Crippen molar-refractivity contribution in [3.63, 3.8) is 0 Å². The number of methoxy groups -OCH3 is 2. The van der Waals surface area contributed by atoms with Crippen molar-refractivity contribution in [1.29, 1.82) is 0 Å². The molecule has 1 aromatic carbocycles. The minimum atomic E-state index is -3.33. The number of fused-ring (bicyclic) bond motifs is 1. The van der Waals surface area contributed by atoms with Crippen LogP contribution in [0.3, 0.4) is 0 Å². The smallest absolute Gasteiger partial charge is 0.178 e. The highest BCUT2D eigenvalue weighted by molar-refractivity contribution is 7.91. The molecule has 1 aromatic rings. The standard InChI is InChI=1S/C14H20FNO4S/c1-9(14(19-2)20-3)16-12-6-7-21(17,18)13-5-4-10(15)8-11(12)13/h4-5,8-9,12,14,16H,6-7H2,1-3H3. The third-order valence-electron chi connectivity index (χ3n) is 3.69. The van der Waals surface area contributed by atoms with E-state index in [2.05, 4.69) is 5.32 Å². The molecule has 0 amide bonds. The molecule has 0 bridgehead atoms. The molecule has 0 spiro atoms. The van der Waals surface area contributed by atoms with E-state index in [9.17, 15) is 12.8 Å². The van der Waals surface area contributed by atoms with Crippen molar-refractivity contribution in [1.82, 2.24) is 5.32 Å². The van der Waals surface area contributed by atoms with Crippen LogP contribution < -0.4 is 5.32 Å². The van der Waals surface area contributed by atoms with Crippen molar-refractivity contribution >= 4 is 9.84 Å². The molecule has 0 radical (unpaired) electrons. The SMILES string of the molecule is COC(OC)C(C)NC1CCS(=O)(=O)c2ccc(F)cc21. The van der Waals surface area contributed by atoms with Gasteiger partial charge in [0.05, 0.1) is 16.7 Å². The van der Waals surface area contributed by atoms with Crippen molar-refractivity contribution < 1.29 is 22.3 Å². The Bertz CT molecular complexity index is 601. The first-order valence-electron chi connectivity index (χ1n) is 6.73. The highest BCUT2D eigenvalue weighted by Crippen LogP contribution is 2.33. The Morgan fingerprint density at radius 1 is 1.33 bits per heavy atom. The van der Waals surface area contributed by atoms with Gasteiger partial charge in [-0.3, -0.25) is 0 Å². The molecule has 21 heavy (non-hydrogen) atoms. The van der Waals surface area contributed by atoms with Crippen LogP contribution in [-0.4, -0.2) is 40.7 Å². The topological polar surface area (TPSA) is 64.6 Å². The molecule has 0 saturated heterocycles. The van der Waals surface area contributed by atoms with Gasteiger partial charge in [0.1, 0.15) is 5.82 Å². The lowest BCUT2D eigenvalue weighted by Crippen LogP contribution is -2.43. The number of hydrogen-bond acceptors (Lipinski definition) is 5. The van der Waals surface area contributed by atoms with E-state index in [1.165, 1.54) is 32.4 Å². The summed E-state index contributed by atoms with van der Waals surface area (Å²) in [5.74, 6) is -0.402. The van der Waals surface area contributed by atoms with E-state index in [4.69, 9.17) is 9.47 Å². The molecule has 118 valence electrons. The second kappa shape index (κ2) is 6.39. The van der Waals surface area contributed by atoms with Crippen LogP contribution >= 0.6 is 0 Å². The van der Waals surface area contributed by atoms with Gasteiger partial charge >= 0.3 is 0 Å². The molecule has 0 saturated carbocycles. The summed E-state index contributed by atoms with van der Waals surface area (Å²) in [7, 11) is -0.262. The first kappa shape index (κ1) is 16.4. The fraction of sp³-hybridized carbons (Fsp3) is 0.571. The molecule has 0 aromatic heterocycles. The Kier molecular flexibility index (Phi) is 4.98. The Balaban J connectivity index is 2.29. The molecular weight excluding hydrogens is 297 g/mol. The van der Waals surface area contributed by atoms with Crippen molar-refractivity contribution in [2.24, 2.45) is 0 Å². The van der Waals surface area contributed by atoms with Crippen molar-refractivity contribution in [2.45, 2.75) is 36.6 Å². The number of benzene rings is 1. The lowest BCUT2D eigenvalue weighted by atomic mass is 10.0. The summed E-state index contributed by atoms with van der Waals surface area (Å²) < 4.78 is 48.0. The maximum Gasteiger partial charge on any atom is 0.178 e. The van der Waals surface area contributed by atoms with Gasteiger partial charge in [-0.2, -0.15) is 0 Å². The zero-order chi connectivity index (χ0) is 15.6. The molecule has 1 aliphatic heterocycles. The molecular formula is C14H20FNO4S. The van der Waals surface area contributed by atoms with Crippen LogP contribution in [0, 0.1) is 5.82 Å². The fourth-order valence-electron chi connectivity index (χ4n) is 2.69. The molecule has 2 atom stereocenters. The van der Waals surface area contributed by atoms with Crippen LogP contribution in [0.1, 0.15) is 24.9 Å². The van der Waals surface area contributed by atoms with E-state index in [-0.39, 0.29) is 22.7 Å². The Hall–Kier alpha value is -1.02. The van der Waals surface area contributed by atoms with Crippen LogP contribution in [0.2, 0.25) is 0 Å². The summed E-state index contributed by atoms with van der Waals surface area (Å²) in [6.45, 7) is 1.87. The maximum atomic E-state index is 13.5. The van der Waals surface area contributed by atoms with Crippen LogP contribution in [0.5, 0.6) is 0 Å². The van der Waals surface area contributed by atoms with Gasteiger partial charge < -0.3 is 14.8 Å². The Morgan fingerprint density at radius 2 is 2.00 bits per heavy atom. The van der Waals surface area contributed by atoms with Crippen LogP contribution in [0.15, 0.2) is 23.1 Å². The summed E-state index contributed by atoms with van der Waals surface area (Å²) in [4.78, 5) is 0.200. The summed E-state index contributed by atoms with van der Waals surface area (Å²) in [5, 5.41) is 3.26. The molecule has 1 heterocycles. The van der Waals surface area contributed by atoms with Crippen molar-refractivity contribution in [2.75, 3.05) is 20.0 Å². The number of rotatable bonds is 5. The van der Waals surface area contributed by atoms with E-state index in [0.717, 1.165) is 0 Å². The Labute approximate surface area is 124 Å². The van der Waals surface area contributed by atoms with Crippen molar-refractivity contribution in [3.05, 3.63) is 29.6 Å². The number of nitrogens with one attached hydrogen (secondary N) is 1. The number of sulfone groups is 1. The second-order valence-corrected chi connectivity index (χ2v) is 7.21. The monoisotopic (exact) mass is 317 g/mol. The molecule has 7 heteroatoms. The first-order valence-corrected chi connectivity index (χ1v) is 8.38. The van der Waals surface area contributed by atoms with E-state index < -0.39 is 21.9 Å². The maximum absolute atomic E-state index is 13.5. The van der Waals surface area contributed by atoms with Gasteiger partial charge in [0.15, 0.2) is 16.1 Å². The average Bonchev–Trinajstić information content (AvgIpc) is 2.43. The lowest BCUT2D eigenvalue weighted by Gasteiger charge is -2.31. The number of ether oxygens (including phenoxy) is 2. The molecule has 2 rings (SSSR count). The highest BCUT2D eigenvalue weighted by Gasteiger charge is 2.32. The molecule has 5 nitrogen and oxygen atoms in total. The summed E-state index contributed by atoms with van der Waals surface area (Å²) in [6, 6.07) is 3.38. The predicted molar refractivity (Wildman–Crippen MR) is 76.2 cm³/mol. The fourth-order valence-corrected chi connectivity index (χ4v) is 4.29. The van der Waals surface area contributed by atoms with Gasteiger partial charge in [-0.05, 0) is 37.1 Å². The van der Waals surface area contributed by atoms with Gasteiger partial charge in [0.25, 0.3) is 0 Å². The van der Waals surface area contributed by atoms with E-state index >= 15 is 0 Å². The van der Waals surface area contributed by atoms with E-state index in [1.807, 2.05) is 6.92 Å². The lowest BCUT2D eigenvalue weighted by molar-refractivity contribution is -0.121. The number of hydrogen-bond donors (Lipinski definition) is 1. The summed E-state index contributed by atoms with van der Waals surface area (Å²) in [5.41, 5.74) is 0.471. The van der Waals surface area contributed by atoms with Crippen molar-refractivity contribution in [3.8, 4) is 0 Å². The summed E-state index contributed by atoms with van der Waals surface area (Å²) in [6.07, 6.45) is -0.0657. The Morgan fingerprint density at radius 3 is 2.62 bits per heavy atom. The first-order chi connectivity index (χ1) is 9.89. The van der Waals surface area contributed by atoms with Gasteiger partial charge in [-0.1, -0.05) is 0 Å². The molecule has 0 fully saturated rings. The predicted octanol–water partition coefficient (Wildman–Crippen LogP) is 1.64. The molecule has 2 unspecified atom stereocenters. The normalized spacial score (nSPS) is 22.0. The zero-order valence-electron chi connectivity index (χ0n) is 12.3. The molecule has 1 N–H and O–H groups in total. The molecule has 1 aliphatic rings. The minimum absolute atomic E-state index is 0.0423. The van der Waals surface area contributed by atoms with Gasteiger partial charge in [0, 0.05) is 20.3 Å². The summed E-state index contributed by atoms with van der Waals surface area (Å²) >= 11 is 0. The minimum Gasteiger partial charge on any atom is -0.354 e. The highest BCUT2D eigenvalue weighted by atomic mass is 32.2. The van der Waals surface area contributed by atoms with Gasteiger partial charge in [-0.25, -0.2) is 12.8 Å². The van der Waals surface area contributed by atoms with E-state index in [1.54, 1.807) is 0 Å². The quantitative estimate of drug-likeness (QED) is 0.661. The van der Waals surface area contributed by atoms with Gasteiger partial charge in [-0.15, -0.1) is 0 Å². The van der Waals surface area contributed by atoms with Crippen LogP contribution in [0.4, 0.5) is 4.39 Å². The second-order valence-electron chi connectivity index (χ2n) is 5.14. The third kappa shape index (κ3) is 3.42. The zero-order valence-corrected chi connectivity index (χ0v) is 13.1. The van der Waals surface area contributed by atoms with Crippen LogP contribution in [0.25, 0.3) is 0 Å². The largest absolute Gasteiger partial charge is 0.354 e. The number of halogens is 1. The molecule has 0 aliphatic carbocycles. The van der Waals surface area contributed by atoms with Crippen LogP contribution in [-0.2, 0) is 19.3 Å². The third-order valence-corrected chi connectivity index (χ3v) is 5.51. The van der Waals surface area contributed by atoms with Gasteiger partial charge in [0.2, 0.25) is 0 Å². The van der Waals surface area contributed by atoms with E-state index in [0.29, 0.717) is 12.0 Å².